The zero-order valence-corrected chi connectivity index (χ0v) is 16.3. The third-order valence-corrected chi connectivity index (χ3v) is 4.18. The summed E-state index contributed by atoms with van der Waals surface area (Å²) in [5.41, 5.74) is 7.98. The second kappa shape index (κ2) is 8.59. The molecule has 2 atom stereocenters. The third-order valence-electron chi connectivity index (χ3n) is 4.18. The molecule has 0 radical (unpaired) electrons. The van der Waals surface area contributed by atoms with Crippen LogP contribution in [0.4, 0.5) is 4.39 Å². The van der Waals surface area contributed by atoms with Gasteiger partial charge in [0.2, 0.25) is 0 Å². The van der Waals surface area contributed by atoms with E-state index in [1.54, 1.807) is 30.5 Å². The molecule has 1 heterocycles. The lowest BCUT2D eigenvalue weighted by molar-refractivity contribution is 0.0916. The van der Waals surface area contributed by atoms with Crippen LogP contribution < -0.4 is 11.1 Å². The first kappa shape index (κ1) is 21.0. The number of carbonyl (C=O) groups is 1. The first-order valence-corrected chi connectivity index (χ1v) is 9.02. The molecule has 0 fully saturated rings. The predicted octanol–water partition coefficient (Wildman–Crippen LogP) is 2.53. The Bertz CT molecular complexity index is 802. The van der Waals surface area contributed by atoms with Crippen molar-refractivity contribution in [2.24, 2.45) is 5.73 Å². The fourth-order valence-corrected chi connectivity index (χ4v) is 2.81. The standard InChI is InChI=1S/C21H28FN3O2/c1-13-7-8-16(22)14(10-13)11-17(23)19(26)12-18-15(6-5-9-24-18)20(27)25-21(2,3)4/h5-10,17,19,26H,11-12,23H2,1-4H3,(H,25,27)/t17-,19+/m1/s1. The van der Waals surface area contributed by atoms with Crippen LogP contribution in [0.5, 0.6) is 0 Å². The number of hydrogen-bond donors (Lipinski definition) is 3. The smallest absolute Gasteiger partial charge is 0.253 e. The molecule has 0 aliphatic heterocycles. The van der Waals surface area contributed by atoms with Gasteiger partial charge in [0.1, 0.15) is 5.82 Å². The molecule has 0 saturated carbocycles. The lowest BCUT2D eigenvalue weighted by atomic mass is 9.96. The van der Waals surface area contributed by atoms with Gasteiger partial charge >= 0.3 is 0 Å². The number of aromatic nitrogens is 1. The maximum Gasteiger partial charge on any atom is 0.253 e. The van der Waals surface area contributed by atoms with E-state index >= 15 is 0 Å². The number of nitrogens with zero attached hydrogens (tertiary/aromatic N) is 1. The molecule has 2 aromatic rings. The minimum Gasteiger partial charge on any atom is -0.391 e. The Hall–Kier alpha value is -2.31. The van der Waals surface area contributed by atoms with Crippen molar-refractivity contribution in [1.29, 1.82) is 0 Å². The number of carbonyl (C=O) groups excluding carboxylic acids is 1. The van der Waals surface area contributed by atoms with Crippen LogP contribution in [-0.2, 0) is 12.8 Å². The molecule has 0 saturated heterocycles. The van der Waals surface area contributed by atoms with Gasteiger partial charge in [-0.15, -0.1) is 0 Å². The van der Waals surface area contributed by atoms with Crippen molar-refractivity contribution < 1.29 is 14.3 Å². The number of pyridine rings is 1. The second-order valence-electron chi connectivity index (χ2n) is 7.94. The zero-order valence-electron chi connectivity index (χ0n) is 16.3. The van der Waals surface area contributed by atoms with Gasteiger partial charge in [0, 0.05) is 24.2 Å². The van der Waals surface area contributed by atoms with Gasteiger partial charge in [-0.2, -0.15) is 0 Å². The van der Waals surface area contributed by atoms with E-state index in [1.807, 2.05) is 27.7 Å². The molecule has 0 spiro atoms. The van der Waals surface area contributed by atoms with E-state index in [0.29, 0.717) is 16.8 Å². The molecular formula is C21H28FN3O2. The van der Waals surface area contributed by atoms with Crippen LogP contribution in [0.3, 0.4) is 0 Å². The Morgan fingerprint density at radius 2 is 2.00 bits per heavy atom. The zero-order chi connectivity index (χ0) is 20.2. The van der Waals surface area contributed by atoms with Crippen LogP contribution in [0.15, 0.2) is 36.5 Å². The van der Waals surface area contributed by atoms with E-state index < -0.39 is 12.1 Å². The lowest BCUT2D eigenvalue weighted by Gasteiger charge is -2.23. The molecule has 2 rings (SSSR count). The number of nitrogens with two attached hydrogens (primary N) is 1. The SMILES string of the molecule is Cc1ccc(F)c(C[C@@H](N)[C@@H](O)Cc2ncccc2C(=O)NC(C)(C)C)c1. The topological polar surface area (TPSA) is 88.2 Å². The molecule has 1 aromatic carbocycles. The van der Waals surface area contributed by atoms with Crippen molar-refractivity contribution >= 4 is 5.91 Å². The molecule has 0 bridgehead atoms. The summed E-state index contributed by atoms with van der Waals surface area (Å²) in [5, 5.41) is 13.4. The fourth-order valence-electron chi connectivity index (χ4n) is 2.81. The number of hydrogen-bond acceptors (Lipinski definition) is 4. The van der Waals surface area contributed by atoms with Gasteiger partial charge in [-0.1, -0.05) is 17.7 Å². The number of amides is 1. The van der Waals surface area contributed by atoms with E-state index in [9.17, 15) is 14.3 Å². The summed E-state index contributed by atoms with van der Waals surface area (Å²) in [6.07, 6.45) is 0.927. The molecule has 27 heavy (non-hydrogen) atoms. The molecule has 0 unspecified atom stereocenters. The monoisotopic (exact) mass is 373 g/mol. The number of rotatable bonds is 6. The highest BCUT2D eigenvalue weighted by Crippen LogP contribution is 2.16. The molecule has 4 N–H and O–H groups in total. The summed E-state index contributed by atoms with van der Waals surface area (Å²) in [6, 6.07) is 7.48. The first-order valence-electron chi connectivity index (χ1n) is 9.02. The normalized spacial score (nSPS) is 13.9. The Labute approximate surface area is 159 Å². The highest BCUT2D eigenvalue weighted by Gasteiger charge is 2.23. The van der Waals surface area contributed by atoms with E-state index in [0.717, 1.165) is 5.56 Å². The number of halogens is 1. The third kappa shape index (κ3) is 6.12. The molecule has 1 amide bonds. The van der Waals surface area contributed by atoms with E-state index in [4.69, 9.17) is 5.73 Å². The van der Waals surface area contributed by atoms with E-state index in [-0.39, 0.29) is 30.1 Å². The largest absolute Gasteiger partial charge is 0.391 e. The molecule has 6 heteroatoms. The van der Waals surface area contributed by atoms with Gasteiger partial charge in [0.15, 0.2) is 0 Å². The number of aliphatic hydroxyl groups excluding tert-OH is 1. The first-order chi connectivity index (χ1) is 12.6. The maximum absolute atomic E-state index is 13.9. The number of nitrogens with one attached hydrogen (secondary N) is 1. The molecule has 0 aliphatic carbocycles. The van der Waals surface area contributed by atoms with Gasteiger partial charge in [-0.25, -0.2) is 4.39 Å². The van der Waals surface area contributed by atoms with E-state index in [2.05, 4.69) is 10.3 Å². The van der Waals surface area contributed by atoms with Crippen LogP contribution in [0.1, 0.15) is 48.0 Å². The Kier molecular flexibility index (Phi) is 6.68. The van der Waals surface area contributed by atoms with Crippen molar-refractivity contribution in [2.75, 3.05) is 0 Å². The van der Waals surface area contributed by atoms with Crippen LogP contribution in [0.25, 0.3) is 0 Å². The predicted molar refractivity (Wildman–Crippen MR) is 104 cm³/mol. The highest BCUT2D eigenvalue weighted by molar-refractivity contribution is 5.95. The summed E-state index contributed by atoms with van der Waals surface area (Å²) >= 11 is 0. The highest BCUT2D eigenvalue weighted by atomic mass is 19.1. The Balaban J connectivity index is 2.12. The molecular weight excluding hydrogens is 345 g/mol. The maximum atomic E-state index is 13.9. The van der Waals surface area contributed by atoms with Crippen LogP contribution in [0.2, 0.25) is 0 Å². The summed E-state index contributed by atoms with van der Waals surface area (Å²) in [5.74, 6) is -0.595. The van der Waals surface area contributed by atoms with Crippen LogP contribution in [0, 0.1) is 12.7 Å². The number of benzene rings is 1. The fraction of sp³-hybridized carbons (Fsp3) is 0.429. The number of aliphatic hydroxyl groups is 1. The molecule has 0 aliphatic rings. The van der Waals surface area contributed by atoms with Crippen molar-refractivity contribution in [2.45, 2.75) is 58.2 Å². The average molecular weight is 373 g/mol. The van der Waals surface area contributed by atoms with Crippen molar-refractivity contribution in [1.82, 2.24) is 10.3 Å². The van der Waals surface area contributed by atoms with Gasteiger partial charge in [-0.05, 0) is 57.9 Å². The second-order valence-corrected chi connectivity index (χ2v) is 7.94. The quantitative estimate of drug-likeness (QED) is 0.726. The van der Waals surface area contributed by atoms with Crippen molar-refractivity contribution in [3.05, 3.63) is 64.7 Å². The van der Waals surface area contributed by atoms with Gasteiger partial charge in [0.25, 0.3) is 5.91 Å². The minimum atomic E-state index is -0.957. The molecule has 5 nitrogen and oxygen atoms in total. The average Bonchev–Trinajstić information content (AvgIpc) is 2.57. The van der Waals surface area contributed by atoms with E-state index in [1.165, 1.54) is 6.07 Å². The molecule has 146 valence electrons. The summed E-state index contributed by atoms with van der Waals surface area (Å²) in [6.45, 7) is 7.55. The van der Waals surface area contributed by atoms with Gasteiger partial charge in [-0.3, -0.25) is 9.78 Å². The van der Waals surface area contributed by atoms with Crippen LogP contribution in [-0.4, -0.2) is 33.7 Å². The summed E-state index contributed by atoms with van der Waals surface area (Å²) < 4.78 is 13.9. The van der Waals surface area contributed by atoms with Gasteiger partial charge < -0.3 is 16.2 Å². The number of aryl methyl sites for hydroxylation is 1. The Morgan fingerprint density at radius 1 is 1.30 bits per heavy atom. The van der Waals surface area contributed by atoms with Crippen molar-refractivity contribution in [3.8, 4) is 0 Å². The summed E-state index contributed by atoms with van der Waals surface area (Å²) in [7, 11) is 0. The van der Waals surface area contributed by atoms with Crippen molar-refractivity contribution in [3.63, 3.8) is 0 Å². The van der Waals surface area contributed by atoms with Crippen LogP contribution >= 0.6 is 0 Å². The minimum absolute atomic E-state index is 0.113. The lowest BCUT2D eigenvalue weighted by Crippen LogP contribution is -2.42. The molecule has 1 aromatic heterocycles. The Morgan fingerprint density at radius 3 is 2.67 bits per heavy atom. The van der Waals surface area contributed by atoms with Gasteiger partial charge in [0.05, 0.1) is 17.4 Å². The summed E-state index contributed by atoms with van der Waals surface area (Å²) in [4.78, 5) is 16.7.